The molecule has 146 valence electrons. The van der Waals surface area contributed by atoms with Crippen molar-refractivity contribution >= 4 is 12.1 Å². The van der Waals surface area contributed by atoms with Crippen molar-refractivity contribution in [2.75, 3.05) is 6.61 Å². The molecule has 0 spiro atoms. The number of carbonyl (C=O) groups is 2. The lowest BCUT2D eigenvalue weighted by Crippen LogP contribution is -2.26. The van der Waals surface area contributed by atoms with Gasteiger partial charge in [0.05, 0.1) is 17.8 Å². The summed E-state index contributed by atoms with van der Waals surface area (Å²) in [6.07, 6.45) is 0.750. The summed E-state index contributed by atoms with van der Waals surface area (Å²) >= 11 is 0. The average molecular weight is 388 g/mol. The molecule has 0 saturated heterocycles. The van der Waals surface area contributed by atoms with Crippen molar-refractivity contribution in [3.8, 4) is 11.1 Å². The molecule has 0 aliphatic heterocycles. The first kappa shape index (κ1) is 18.7. The molecule has 1 aliphatic rings. The van der Waals surface area contributed by atoms with Gasteiger partial charge in [-0.1, -0.05) is 48.5 Å². The molecule has 1 amide bonds. The van der Waals surface area contributed by atoms with Crippen LogP contribution in [0.25, 0.3) is 11.1 Å². The van der Waals surface area contributed by atoms with Crippen LogP contribution in [-0.4, -0.2) is 28.8 Å². The summed E-state index contributed by atoms with van der Waals surface area (Å²) in [6.45, 7) is 2.17. The number of aryl methyl sites for hydroxylation is 1. The zero-order chi connectivity index (χ0) is 20.4. The number of carbonyl (C=O) groups excluding carboxylic acids is 1. The summed E-state index contributed by atoms with van der Waals surface area (Å²) in [5, 5.41) is 11.7. The molecule has 29 heavy (non-hydrogen) atoms. The third-order valence-electron chi connectivity index (χ3n) is 5.18. The molecule has 1 heterocycles. The van der Waals surface area contributed by atoms with Crippen molar-refractivity contribution in [3.05, 3.63) is 88.7 Å². The van der Waals surface area contributed by atoms with Gasteiger partial charge in [0.1, 0.15) is 6.61 Å². The topological polar surface area (TPSA) is 88.5 Å². The van der Waals surface area contributed by atoms with E-state index in [4.69, 9.17) is 9.84 Å². The Hall–Kier alpha value is -3.67. The second-order valence-electron chi connectivity index (χ2n) is 6.97. The number of amides is 1. The lowest BCUT2D eigenvalue weighted by molar-refractivity contribution is 0.0696. The average Bonchev–Trinajstić information content (AvgIpc) is 3.05. The minimum atomic E-state index is -1.03. The van der Waals surface area contributed by atoms with Crippen molar-refractivity contribution < 1.29 is 19.4 Å². The van der Waals surface area contributed by atoms with Crippen LogP contribution in [0.3, 0.4) is 0 Å². The Labute approximate surface area is 168 Å². The number of ether oxygens (including phenoxy) is 1. The number of fused-ring (bicyclic) bond motifs is 3. The molecule has 1 aliphatic carbocycles. The molecule has 3 aromatic rings. The molecule has 2 N–H and O–H groups in total. The number of benzene rings is 2. The lowest BCUT2D eigenvalue weighted by Gasteiger charge is -2.15. The van der Waals surface area contributed by atoms with Crippen molar-refractivity contribution in [2.24, 2.45) is 0 Å². The molecule has 0 bridgehead atoms. The molecule has 0 radical (unpaired) electrons. The van der Waals surface area contributed by atoms with Crippen LogP contribution in [0, 0.1) is 6.92 Å². The fraction of sp³-hybridized carbons (Fsp3) is 0.174. The summed E-state index contributed by atoms with van der Waals surface area (Å²) in [7, 11) is 0. The molecule has 0 unspecified atom stereocenters. The Balaban J connectivity index is 1.40. The first-order chi connectivity index (χ1) is 14.0. The van der Waals surface area contributed by atoms with Gasteiger partial charge in [0.25, 0.3) is 0 Å². The van der Waals surface area contributed by atoms with Crippen molar-refractivity contribution in [1.82, 2.24) is 10.3 Å². The van der Waals surface area contributed by atoms with Gasteiger partial charge < -0.3 is 15.2 Å². The van der Waals surface area contributed by atoms with E-state index in [9.17, 15) is 9.59 Å². The van der Waals surface area contributed by atoms with E-state index in [1.807, 2.05) is 24.3 Å². The molecule has 1 aromatic heterocycles. The third kappa shape index (κ3) is 3.69. The van der Waals surface area contributed by atoms with Gasteiger partial charge >= 0.3 is 12.1 Å². The maximum absolute atomic E-state index is 12.2. The van der Waals surface area contributed by atoms with Gasteiger partial charge in [0.15, 0.2) is 0 Å². The number of rotatable bonds is 5. The van der Waals surface area contributed by atoms with Crippen molar-refractivity contribution in [3.63, 3.8) is 0 Å². The smallest absolute Gasteiger partial charge is 0.407 e. The van der Waals surface area contributed by atoms with E-state index in [2.05, 4.69) is 34.6 Å². The van der Waals surface area contributed by atoms with Gasteiger partial charge in [-0.3, -0.25) is 4.98 Å². The van der Waals surface area contributed by atoms with Gasteiger partial charge in [-0.05, 0) is 40.8 Å². The summed E-state index contributed by atoms with van der Waals surface area (Å²) in [5.41, 5.74) is 6.08. The Bertz CT molecular complexity index is 1050. The standard InChI is InChI=1S/C23H20N2O4/c1-14-10-15(22(26)27)11-24-21(14)12-25-23(28)29-13-20-18-8-4-2-6-16(18)17-7-3-5-9-19(17)20/h2-11,20H,12-13H2,1H3,(H,25,28)(H,26,27). The summed E-state index contributed by atoms with van der Waals surface area (Å²) in [4.78, 5) is 27.3. The number of hydrogen-bond donors (Lipinski definition) is 2. The molecule has 0 saturated carbocycles. The number of aromatic nitrogens is 1. The van der Waals surface area contributed by atoms with Crippen LogP contribution in [0.5, 0.6) is 0 Å². The largest absolute Gasteiger partial charge is 0.478 e. The van der Waals surface area contributed by atoms with E-state index in [1.54, 1.807) is 6.92 Å². The predicted octanol–water partition coefficient (Wildman–Crippen LogP) is 4.13. The summed E-state index contributed by atoms with van der Waals surface area (Å²) in [5.74, 6) is -1.03. The lowest BCUT2D eigenvalue weighted by atomic mass is 9.98. The van der Waals surface area contributed by atoms with E-state index in [0.717, 1.165) is 11.1 Å². The van der Waals surface area contributed by atoms with Crippen LogP contribution in [-0.2, 0) is 11.3 Å². The Morgan fingerprint density at radius 2 is 1.69 bits per heavy atom. The summed E-state index contributed by atoms with van der Waals surface area (Å²) < 4.78 is 5.49. The molecule has 4 rings (SSSR count). The van der Waals surface area contributed by atoms with Crippen LogP contribution in [0.15, 0.2) is 60.8 Å². The van der Waals surface area contributed by atoms with Crippen LogP contribution >= 0.6 is 0 Å². The van der Waals surface area contributed by atoms with Crippen LogP contribution in [0.4, 0.5) is 4.79 Å². The number of hydrogen-bond acceptors (Lipinski definition) is 4. The highest BCUT2D eigenvalue weighted by Crippen LogP contribution is 2.44. The molecular formula is C23H20N2O4. The highest BCUT2D eigenvalue weighted by molar-refractivity contribution is 5.87. The predicted molar refractivity (Wildman–Crippen MR) is 108 cm³/mol. The quantitative estimate of drug-likeness (QED) is 0.686. The molecule has 6 nitrogen and oxygen atoms in total. The molecule has 2 aromatic carbocycles. The summed E-state index contributed by atoms with van der Waals surface area (Å²) in [6, 6.07) is 17.8. The van der Waals surface area contributed by atoms with Gasteiger partial charge in [-0.2, -0.15) is 0 Å². The van der Waals surface area contributed by atoms with E-state index < -0.39 is 12.1 Å². The third-order valence-corrected chi connectivity index (χ3v) is 5.18. The minimum absolute atomic E-state index is 0.00265. The van der Waals surface area contributed by atoms with Crippen molar-refractivity contribution in [1.29, 1.82) is 0 Å². The zero-order valence-electron chi connectivity index (χ0n) is 15.9. The van der Waals surface area contributed by atoms with Crippen LogP contribution in [0.2, 0.25) is 0 Å². The molecule has 0 atom stereocenters. The van der Waals surface area contributed by atoms with Crippen LogP contribution < -0.4 is 5.32 Å². The second-order valence-corrected chi connectivity index (χ2v) is 6.97. The number of alkyl carbamates (subject to hydrolysis) is 1. The number of aromatic carboxylic acids is 1. The minimum Gasteiger partial charge on any atom is -0.478 e. The highest BCUT2D eigenvalue weighted by atomic mass is 16.5. The number of nitrogens with zero attached hydrogens (tertiary/aromatic N) is 1. The maximum atomic E-state index is 12.2. The first-order valence-corrected chi connectivity index (χ1v) is 9.32. The second kappa shape index (κ2) is 7.75. The Kier molecular flexibility index (Phi) is 4.99. The number of nitrogens with one attached hydrogen (secondary N) is 1. The fourth-order valence-corrected chi connectivity index (χ4v) is 3.71. The number of pyridine rings is 1. The Morgan fingerprint density at radius 3 is 2.28 bits per heavy atom. The van der Waals surface area contributed by atoms with Gasteiger partial charge in [0.2, 0.25) is 0 Å². The van der Waals surface area contributed by atoms with Gasteiger partial charge in [-0.15, -0.1) is 0 Å². The fourth-order valence-electron chi connectivity index (χ4n) is 3.71. The normalized spacial score (nSPS) is 12.2. The van der Waals surface area contributed by atoms with Gasteiger partial charge in [-0.25, -0.2) is 9.59 Å². The zero-order valence-corrected chi connectivity index (χ0v) is 15.9. The first-order valence-electron chi connectivity index (χ1n) is 9.32. The van der Waals surface area contributed by atoms with Crippen LogP contribution in [0.1, 0.15) is 38.7 Å². The van der Waals surface area contributed by atoms with E-state index in [0.29, 0.717) is 11.3 Å². The molecule has 6 heteroatoms. The van der Waals surface area contributed by atoms with Gasteiger partial charge in [0, 0.05) is 12.1 Å². The highest BCUT2D eigenvalue weighted by Gasteiger charge is 2.28. The monoisotopic (exact) mass is 388 g/mol. The van der Waals surface area contributed by atoms with Crippen molar-refractivity contribution in [2.45, 2.75) is 19.4 Å². The number of carboxylic acid groups (broad SMARTS) is 1. The molecule has 0 fully saturated rings. The number of carboxylic acids is 1. The molecular weight excluding hydrogens is 368 g/mol. The SMILES string of the molecule is Cc1cc(C(=O)O)cnc1CNC(=O)OCC1c2ccccc2-c2ccccc21. The van der Waals surface area contributed by atoms with E-state index >= 15 is 0 Å². The Morgan fingerprint density at radius 1 is 1.07 bits per heavy atom. The van der Waals surface area contributed by atoms with E-state index in [1.165, 1.54) is 23.4 Å². The maximum Gasteiger partial charge on any atom is 0.407 e. The van der Waals surface area contributed by atoms with E-state index in [-0.39, 0.29) is 24.6 Å².